The van der Waals surface area contributed by atoms with Crippen molar-refractivity contribution in [3.63, 3.8) is 0 Å². The van der Waals surface area contributed by atoms with Crippen molar-refractivity contribution in [2.24, 2.45) is 0 Å². The summed E-state index contributed by atoms with van der Waals surface area (Å²) in [5.41, 5.74) is 1.59. The number of hydrogen-bond donors (Lipinski definition) is 3. The molecule has 0 spiro atoms. The van der Waals surface area contributed by atoms with Gasteiger partial charge in [-0.2, -0.15) is 0 Å². The summed E-state index contributed by atoms with van der Waals surface area (Å²) in [5, 5.41) is 8.06. The maximum atomic E-state index is 11.4. The fourth-order valence-electron chi connectivity index (χ4n) is 0.778. The molecule has 0 aromatic heterocycles. The maximum absolute atomic E-state index is 11.4. The van der Waals surface area contributed by atoms with E-state index in [2.05, 4.69) is 4.84 Å². The van der Waals surface area contributed by atoms with Crippen LogP contribution in [0.1, 0.15) is 0 Å². The van der Waals surface area contributed by atoms with Gasteiger partial charge < -0.3 is 9.94 Å². The summed E-state index contributed by atoms with van der Waals surface area (Å²) in [6, 6.07) is 7.43. The van der Waals surface area contributed by atoms with Gasteiger partial charge in [0.15, 0.2) is 0 Å². The Morgan fingerprint density at radius 3 is 2.40 bits per heavy atom. The molecule has 0 amide bonds. The zero-order valence-corrected chi connectivity index (χ0v) is 8.19. The normalized spacial score (nSPS) is 10.9. The Morgan fingerprint density at radius 1 is 1.27 bits per heavy atom. The number of carboxylic acid groups (broad SMARTS) is 1. The molecule has 15 heavy (non-hydrogen) atoms. The van der Waals surface area contributed by atoms with E-state index in [0.29, 0.717) is 0 Å². The van der Waals surface area contributed by atoms with Gasteiger partial charge in [-0.25, -0.2) is 13.2 Å². The van der Waals surface area contributed by atoms with Crippen LogP contribution in [-0.2, 0) is 14.9 Å². The Bertz CT molecular complexity index is 430. The van der Waals surface area contributed by atoms with Gasteiger partial charge >= 0.3 is 6.16 Å². The molecule has 0 heterocycles. The molecule has 1 rings (SSSR count). The van der Waals surface area contributed by atoms with Crippen molar-refractivity contribution in [2.75, 3.05) is 0 Å². The smallest absolute Gasteiger partial charge is 0.448 e. The number of hydrazine groups is 1. The number of hydrogen-bond acceptors (Lipinski definition) is 5. The molecule has 1 aromatic carbocycles. The summed E-state index contributed by atoms with van der Waals surface area (Å²) in [6.45, 7) is 0. The fraction of sp³-hybridized carbons (Fsp3) is 0. The lowest BCUT2D eigenvalue weighted by atomic mass is 10.4. The highest BCUT2D eigenvalue weighted by molar-refractivity contribution is 7.89. The second-order valence-corrected chi connectivity index (χ2v) is 4.07. The van der Waals surface area contributed by atoms with Crippen molar-refractivity contribution in [1.29, 1.82) is 0 Å². The number of nitrogens with one attached hydrogen (secondary N) is 2. The van der Waals surface area contributed by atoms with Crippen LogP contribution in [0.5, 0.6) is 0 Å². The average molecular weight is 232 g/mol. The number of carbonyl (C=O) groups is 1. The van der Waals surface area contributed by atoms with Gasteiger partial charge in [0.1, 0.15) is 0 Å². The molecule has 0 aliphatic carbocycles. The minimum absolute atomic E-state index is 0.00788. The van der Waals surface area contributed by atoms with E-state index in [-0.39, 0.29) is 4.90 Å². The van der Waals surface area contributed by atoms with Gasteiger partial charge in [-0.1, -0.05) is 23.8 Å². The highest BCUT2D eigenvalue weighted by Crippen LogP contribution is 2.05. The first kappa shape index (κ1) is 11.4. The Balaban J connectivity index is 2.65. The van der Waals surface area contributed by atoms with E-state index >= 15 is 0 Å². The third-order valence-corrected chi connectivity index (χ3v) is 2.61. The first-order chi connectivity index (χ1) is 7.02. The third-order valence-electron chi connectivity index (χ3n) is 1.37. The van der Waals surface area contributed by atoms with Gasteiger partial charge in [0, 0.05) is 0 Å². The van der Waals surface area contributed by atoms with Gasteiger partial charge in [0.05, 0.1) is 4.90 Å². The molecule has 0 saturated heterocycles. The highest BCUT2D eigenvalue weighted by Gasteiger charge is 2.12. The summed E-state index contributed by atoms with van der Waals surface area (Å²) < 4.78 is 22.7. The van der Waals surface area contributed by atoms with Crippen LogP contribution in [-0.4, -0.2) is 19.7 Å². The lowest BCUT2D eigenvalue weighted by Crippen LogP contribution is -2.38. The molecule has 0 unspecified atom stereocenters. The number of sulfonamides is 1. The quantitative estimate of drug-likeness (QED) is 0.635. The van der Waals surface area contributed by atoms with E-state index in [4.69, 9.17) is 5.11 Å². The van der Waals surface area contributed by atoms with Crippen molar-refractivity contribution in [2.45, 2.75) is 4.90 Å². The summed E-state index contributed by atoms with van der Waals surface area (Å²) in [4.78, 5) is 15.4. The molecule has 0 bridgehead atoms. The minimum Gasteiger partial charge on any atom is -0.448 e. The predicted octanol–water partition coefficient (Wildman–Crippen LogP) is 0.0791. The Hall–Kier alpha value is -1.64. The molecule has 0 aliphatic rings. The van der Waals surface area contributed by atoms with E-state index in [0.717, 1.165) is 0 Å². The van der Waals surface area contributed by atoms with E-state index in [9.17, 15) is 13.2 Å². The molecule has 0 saturated carbocycles. The molecule has 0 atom stereocenters. The van der Waals surface area contributed by atoms with Gasteiger partial charge in [-0.3, -0.25) is 0 Å². The van der Waals surface area contributed by atoms with Gasteiger partial charge in [-0.05, 0) is 12.1 Å². The van der Waals surface area contributed by atoms with Crippen LogP contribution in [0.3, 0.4) is 0 Å². The van der Waals surface area contributed by atoms with E-state index in [1.165, 1.54) is 24.3 Å². The molecule has 1 aromatic rings. The molecular weight excluding hydrogens is 224 g/mol. The zero-order valence-electron chi connectivity index (χ0n) is 7.38. The largest absolute Gasteiger partial charge is 0.526 e. The summed E-state index contributed by atoms with van der Waals surface area (Å²) >= 11 is 0. The maximum Gasteiger partial charge on any atom is 0.526 e. The van der Waals surface area contributed by atoms with E-state index < -0.39 is 16.2 Å². The van der Waals surface area contributed by atoms with Crippen molar-refractivity contribution in [3.8, 4) is 0 Å². The van der Waals surface area contributed by atoms with Crippen LogP contribution >= 0.6 is 0 Å². The van der Waals surface area contributed by atoms with Gasteiger partial charge in [0.2, 0.25) is 0 Å². The standard InChI is InChI=1S/C7H8N2O5S/c10-7(11)14-8-9-15(12,13)6-4-2-1-3-5-6/h1-5,8-9H,(H,10,11). The Morgan fingerprint density at radius 2 is 1.87 bits per heavy atom. The Kier molecular flexibility index (Phi) is 3.61. The van der Waals surface area contributed by atoms with Crippen molar-refractivity contribution < 1.29 is 23.2 Å². The van der Waals surface area contributed by atoms with Crippen LogP contribution in [0.15, 0.2) is 35.2 Å². The first-order valence-electron chi connectivity index (χ1n) is 3.74. The molecule has 3 N–H and O–H groups in total. The number of benzene rings is 1. The molecule has 82 valence electrons. The van der Waals surface area contributed by atoms with Crippen molar-refractivity contribution in [1.82, 2.24) is 10.4 Å². The monoisotopic (exact) mass is 232 g/mol. The molecular formula is C7H8N2O5S. The van der Waals surface area contributed by atoms with Crippen LogP contribution in [0.4, 0.5) is 4.79 Å². The van der Waals surface area contributed by atoms with Crippen molar-refractivity contribution >= 4 is 16.2 Å². The SMILES string of the molecule is O=C(O)ONNS(=O)(=O)c1ccccc1. The van der Waals surface area contributed by atoms with Crippen LogP contribution in [0, 0.1) is 0 Å². The molecule has 0 fully saturated rings. The topological polar surface area (TPSA) is 105 Å². The second-order valence-electron chi connectivity index (χ2n) is 2.39. The van der Waals surface area contributed by atoms with Crippen LogP contribution < -0.4 is 10.4 Å². The lowest BCUT2D eigenvalue weighted by molar-refractivity contribution is 0.0362. The highest BCUT2D eigenvalue weighted by atomic mass is 32.2. The number of rotatable bonds is 4. The third kappa shape index (κ3) is 3.54. The Labute approximate surface area is 85.7 Å². The molecule has 7 nitrogen and oxygen atoms in total. The predicted molar refractivity (Wildman–Crippen MR) is 49.0 cm³/mol. The minimum atomic E-state index is -3.81. The molecule has 0 aliphatic heterocycles. The van der Waals surface area contributed by atoms with Gasteiger partial charge in [0.25, 0.3) is 10.0 Å². The van der Waals surface area contributed by atoms with Crippen LogP contribution in [0.2, 0.25) is 0 Å². The van der Waals surface area contributed by atoms with Crippen LogP contribution in [0.25, 0.3) is 0 Å². The fourth-order valence-corrected chi connectivity index (χ4v) is 1.56. The second kappa shape index (κ2) is 4.73. The first-order valence-corrected chi connectivity index (χ1v) is 5.22. The summed E-state index contributed by atoms with van der Waals surface area (Å²) in [6.07, 6.45) is -1.65. The van der Waals surface area contributed by atoms with E-state index in [1.807, 2.05) is 0 Å². The molecule has 8 heteroatoms. The molecule has 0 radical (unpaired) electrons. The summed E-state index contributed by atoms with van der Waals surface area (Å²) in [5.74, 6) is 0. The van der Waals surface area contributed by atoms with Crippen molar-refractivity contribution in [3.05, 3.63) is 30.3 Å². The lowest BCUT2D eigenvalue weighted by Gasteiger charge is -2.05. The van der Waals surface area contributed by atoms with Gasteiger partial charge in [-0.15, -0.1) is 4.83 Å². The zero-order chi connectivity index (χ0) is 11.3. The van der Waals surface area contributed by atoms with E-state index in [1.54, 1.807) is 16.5 Å². The average Bonchev–Trinajstić information content (AvgIpc) is 2.18. The summed E-state index contributed by atoms with van der Waals surface area (Å²) in [7, 11) is -3.81.